The van der Waals surface area contributed by atoms with E-state index in [-0.39, 0.29) is 0 Å². The number of likely N-dealkylation sites (tertiary alicyclic amines) is 1. The lowest BCUT2D eigenvalue weighted by atomic mass is 9.77. The van der Waals surface area contributed by atoms with Crippen molar-refractivity contribution in [1.29, 1.82) is 0 Å². The Bertz CT molecular complexity index is 203. The van der Waals surface area contributed by atoms with E-state index in [1.165, 1.54) is 51.5 Å². The van der Waals surface area contributed by atoms with Crippen LogP contribution in [0.25, 0.3) is 0 Å². The summed E-state index contributed by atoms with van der Waals surface area (Å²) in [6.07, 6.45) is 10.2. The largest absolute Gasteiger partial charge is 0.320 e. The molecule has 1 aliphatic carbocycles. The molecular formula is C14H28N2. The van der Waals surface area contributed by atoms with Gasteiger partial charge < -0.3 is 5.32 Å². The molecule has 3 atom stereocenters. The van der Waals surface area contributed by atoms with Crippen molar-refractivity contribution < 1.29 is 0 Å². The van der Waals surface area contributed by atoms with Crippen molar-refractivity contribution in [2.24, 2.45) is 5.92 Å². The van der Waals surface area contributed by atoms with Gasteiger partial charge >= 0.3 is 0 Å². The van der Waals surface area contributed by atoms with Crippen molar-refractivity contribution in [3.8, 4) is 0 Å². The van der Waals surface area contributed by atoms with E-state index < -0.39 is 0 Å². The van der Waals surface area contributed by atoms with Crippen LogP contribution in [-0.4, -0.2) is 37.1 Å². The molecule has 0 amide bonds. The number of hydrogen-bond donors (Lipinski definition) is 1. The van der Waals surface area contributed by atoms with Gasteiger partial charge in [-0.05, 0) is 65.1 Å². The van der Waals surface area contributed by atoms with Gasteiger partial charge in [-0.15, -0.1) is 0 Å². The van der Waals surface area contributed by atoms with E-state index >= 15 is 0 Å². The van der Waals surface area contributed by atoms with Gasteiger partial charge in [0.2, 0.25) is 0 Å². The lowest BCUT2D eigenvalue weighted by Crippen LogP contribution is -2.51. The molecule has 1 heterocycles. The Morgan fingerprint density at radius 2 is 1.94 bits per heavy atom. The molecule has 0 aromatic heterocycles. The van der Waals surface area contributed by atoms with Crippen LogP contribution in [0.1, 0.15) is 51.9 Å². The molecule has 2 aliphatic rings. The third kappa shape index (κ3) is 2.78. The van der Waals surface area contributed by atoms with E-state index in [0.29, 0.717) is 0 Å². The third-order valence-electron chi connectivity index (χ3n) is 4.66. The first-order valence-electron chi connectivity index (χ1n) is 7.23. The van der Waals surface area contributed by atoms with Crippen LogP contribution in [0.3, 0.4) is 0 Å². The van der Waals surface area contributed by atoms with E-state index in [1.54, 1.807) is 0 Å². The normalized spacial score (nSPS) is 33.4. The highest BCUT2D eigenvalue weighted by molar-refractivity contribution is 4.89. The van der Waals surface area contributed by atoms with Crippen LogP contribution >= 0.6 is 0 Å². The fourth-order valence-corrected chi connectivity index (χ4v) is 3.73. The molecule has 0 bridgehead atoms. The molecule has 1 saturated carbocycles. The maximum atomic E-state index is 3.28. The van der Waals surface area contributed by atoms with Gasteiger partial charge in [0.05, 0.1) is 0 Å². The molecule has 2 heteroatoms. The van der Waals surface area contributed by atoms with Gasteiger partial charge in [0, 0.05) is 12.1 Å². The van der Waals surface area contributed by atoms with Crippen molar-refractivity contribution in [2.45, 2.75) is 64.0 Å². The molecule has 1 unspecified atom stereocenters. The number of nitrogens with one attached hydrogen (secondary N) is 1. The van der Waals surface area contributed by atoms with Gasteiger partial charge in [0.15, 0.2) is 0 Å². The van der Waals surface area contributed by atoms with Gasteiger partial charge in [0.25, 0.3) is 0 Å². The maximum absolute atomic E-state index is 3.28. The Morgan fingerprint density at radius 3 is 2.75 bits per heavy atom. The minimum absolute atomic E-state index is 0.776. The first-order valence-corrected chi connectivity index (χ1v) is 7.23. The molecule has 1 saturated heterocycles. The SMILES string of the molecule is CNCCC(C)N1CCC[C@H]2CCCC[C@H]21. The Labute approximate surface area is 101 Å². The zero-order chi connectivity index (χ0) is 11.4. The fourth-order valence-electron chi connectivity index (χ4n) is 3.73. The zero-order valence-electron chi connectivity index (χ0n) is 11.0. The summed E-state index contributed by atoms with van der Waals surface area (Å²) >= 11 is 0. The van der Waals surface area contributed by atoms with Crippen LogP contribution in [0, 0.1) is 5.92 Å². The second-order valence-corrected chi connectivity index (χ2v) is 5.73. The standard InChI is InChI=1S/C14H28N2/c1-12(9-10-15-2)16-11-5-7-13-6-3-4-8-14(13)16/h12-15H,3-11H2,1-2H3/t12?,13-,14-/m1/s1. The Kier molecular flexibility index (Phi) is 4.66. The summed E-state index contributed by atoms with van der Waals surface area (Å²) in [6.45, 7) is 4.94. The average molecular weight is 224 g/mol. The van der Waals surface area contributed by atoms with Crippen LogP contribution in [0.2, 0.25) is 0 Å². The number of rotatable bonds is 4. The lowest BCUT2D eigenvalue weighted by Gasteiger charge is -2.47. The quantitative estimate of drug-likeness (QED) is 0.790. The van der Waals surface area contributed by atoms with Crippen molar-refractivity contribution in [3.63, 3.8) is 0 Å². The van der Waals surface area contributed by atoms with Gasteiger partial charge in [-0.2, -0.15) is 0 Å². The van der Waals surface area contributed by atoms with E-state index in [1.807, 2.05) is 0 Å². The topological polar surface area (TPSA) is 15.3 Å². The zero-order valence-corrected chi connectivity index (χ0v) is 11.0. The summed E-state index contributed by atoms with van der Waals surface area (Å²) in [6, 6.07) is 1.70. The third-order valence-corrected chi connectivity index (χ3v) is 4.66. The van der Waals surface area contributed by atoms with E-state index in [0.717, 1.165) is 24.5 Å². The highest BCUT2D eigenvalue weighted by atomic mass is 15.2. The lowest BCUT2D eigenvalue weighted by molar-refractivity contribution is 0.0290. The maximum Gasteiger partial charge on any atom is 0.0126 e. The van der Waals surface area contributed by atoms with E-state index in [9.17, 15) is 0 Å². The summed E-state index contributed by atoms with van der Waals surface area (Å²) in [5, 5.41) is 3.28. The summed E-state index contributed by atoms with van der Waals surface area (Å²) in [7, 11) is 2.06. The average Bonchev–Trinajstić information content (AvgIpc) is 2.35. The Balaban J connectivity index is 1.91. The second kappa shape index (κ2) is 6.02. The summed E-state index contributed by atoms with van der Waals surface area (Å²) in [5.41, 5.74) is 0. The minimum Gasteiger partial charge on any atom is -0.320 e. The monoisotopic (exact) mass is 224 g/mol. The van der Waals surface area contributed by atoms with Crippen LogP contribution in [0.5, 0.6) is 0 Å². The van der Waals surface area contributed by atoms with Crippen molar-refractivity contribution in [3.05, 3.63) is 0 Å². The second-order valence-electron chi connectivity index (χ2n) is 5.73. The first-order chi connectivity index (χ1) is 7.83. The van der Waals surface area contributed by atoms with Crippen LogP contribution in [-0.2, 0) is 0 Å². The van der Waals surface area contributed by atoms with Crippen LogP contribution < -0.4 is 5.32 Å². The smallest absolute Gasteiger partial charge is 0.0126 e. The fraction of sp³-hybridized carbons (Fsp3) is 1.00. The minimum atomic E-state index is 0.776. The Morgan fingerprint density at radius 1 is 1.19 bits per heavy atom. The summed E-state index contributed by atoms with van der Waals surface area (Å²) in [4.78, 5) is 2.82. The molecule has 0 radical (unpaired) electrons. The number of hydrogen-bond acceptors (Lipinski definition) is 2. The molecule has 1 N–H and O–H groups in total. The highest BCUT2D eigenvalue weighted by Crippen LogP contribution is 2.36. The molecular weight excluding hydrogens is 196 g/mol. The molecule has 2 fully saturated rings. The first kappa shape index (κ1) is 12.4. The van der Waals surface area contributed by atoms with E-state index in [4.69, 9.17) is 0 Å². The number of piperidine rings is 1. The molecule has 2 rings (SSSR count). The van der Waals surface area contributed by atoms with Gasteiger partial charge in [-0.3, -0.25) is 4.90 Å². The van der Waals surface area contributed by atoms with E-state index in [2.05, 4.69) is 24.2 Å². The Hall–Kier alpha value is -0.0800. The van der Waals surface area contributed by atoms with Crippen molar-refractivity contribution in [2.75, 3.05) is 20.1 Å². The molecule has 2 nitrogen and oxygen atoms in total. The van der Waals surface area contributed by atoms with Crippen molar-refractivity contribution in [1.82, 2.24) is 10.2 Å². The molecule has 0 aromatic rings. The number of fused-ring (bicyclic) bond motifs is 1. The van der Waals surface area contributed by atoms with Gasteiger partial charge in [-0.25, -0.2) is 0 Å². The summed E-state index contributed by atoms with van der Waals surface area (Å²) < 4.78 is 0. The number of nitrogens with zero attached hydrogens (tertiary/aromatic N) is 1. The van der Waals surface area contributed by atoms with Crippen molar-refractivity contribution >= 4 is 0 Å². The van der Waals surface area contributed by atoms with Gasteiger partial charge in [-0.1, -0.05) is 12.8 Å². The molecule has 0 spiro atoms. The van der Waals surface area contributed by atoms with Crippen LogP contribution in [0.4, 0.5) is 0 Å². The molecule has 0 aromatic carbocycles. The predicted molar refractivity (Wildman–Crippen MR) is 69.7 cm³/mol. The predicted octanol–water partition coefficient (Wildman–Crippen LogP) is 2.64. The van der Waals surface area contributed by atoms with Gasteiger partial charge in [0.1, 0.15) is 0 Å². The highest BCUT2D eigenvalue weighted by Gasteiger charge is 2.34. The molecule has 16 heavy (non-hydrogen) atoms. The molecule has 94 valence electrons. The molecule has 1 aliphatic heterocycles. The summed E-state index contributed by atoms with van der Waals surface area (Å²) in [5.74, 6) is 1.03. The van der Waals surface area contributed by atoms with Crippen LogP contribution in [0.15, 0.2) is 0 Å².